The van der Waals surface area contributed by atoms with Crippen LogP contribution in [0.3, 0.4) is 0 Å². The molecule has 1 aliphatic heterocycles. The highest BCUT2D eigenvalue weighted by Crippen LogP contribution is 2.31. The van der Waals surface area contributed by atoms with Gasteiger partial charge in [-0.2, -0.15) is 0 Å². The van der Waals surface area contributed by atoms with Gasteiger partial charge < -0.3 is 15.4 Å². The van der Waals surface area contributed by atoms with Crippen molar-refractivity contribution in [3.63, 3.8) is 0 Å². The summed E-state index contributed by atoms with van der Waals surface area (Å²) >= 11 is 0. The monoisotopic (exact) mass is 448 g/mol. The summed E-state index contributed by atoms with van der Waals surface area (Å²) in [6.07, 6.45) is 3.20. The molecule has 3 aromatic rings. The van der Waals surface area contributed by atoms with Crippen molar-refractivity contribution in [2.45, 2.75) is 44.1 Å². The second-order valence-corrected chi connectivity index (χ2v) is 8.71. The number of benzene rings is 3. The SMILES string of the molecule is COc1cc(C[C@]2(CCC(=O)NCCc3cccc4ccccc34)CCC(=O)N2)ccc1F. The highest BCUT2D eigenvalue weighted by molar-refractivity contribution is 5.85. The van der Waals surface area contributed by atoms with Gasteiger partial charge in [-0.25, -0.2) is 4.39 Å². The standard InChI is InChI=1S/C27H29FN2O3/c1-33-24-17-19(9-10-23(24)28)18-27(15-12-26(32)30-27)14-11-25(31)29-16-13-21-7-4-6-20-5-2-3-8-22(20)21/h2-10,17H,11-16,18H2,1H3,(H,29,31)(H,30,32)/t27-/m0/s1. The molecule has 0 radical (unpaired) electrons. The van der Waals surface area contributed by atoms with E-state index < -0.39 is 11.4 Å². The molecule has 0 spiro atoms. The van der Waals surface area contributed by atoms with Gasteiger partial charge >= 0.3 is 0 Å². The number of rotatable bonds is 9. The van der Waals surface area contributed by atoms with E-state index in [1.807, 2.05) is 18.2 Å². The van der Waals surface area contributed by atoms with Crippen LogP contribution in [0.1, 0.15) is 36.8 Å². The van der Waals surface area contributed by atoms with Gasteiger partial charge in [-0.1, -0.05) is 48.5 Å². The lowest BCUT2D eigenvalue weighted by Crippen LogP contribution is -2.44. The minimum Gasteiger partial charge on any atom is -0.494 e. The molecule has 0 unspecified atom stereocenters. The van der Waals surface area contributed by atoms with Crippen molar-refractivity contribution in [1.29, 1.82) is 0 Å². The zero-order valence-electron chi connectivity index (χ0n) is 18.8. The van der Waals surface area contributed by atoms with Crippen LogP contribution in [0.5, 0.6) is 5.75 Å². The van der Waals surface area contributed by atoms with E-state index in [1.165, 1.54) is 29.5 Å². The van der Waals surface area contributed by atoms with E-state index in [2.05, 4.69) is 34.9 Å². The molecule has 3 aromatic carbocycles. The molecule has 5 nitrogen and oxygen atoms in total. The van der Waals surface area contributed by atoms with Gasteiger partial charge in [0.25, 0.3) is 0 Å². The minimum absolute atomic E-state index is 0.0135. The summed E-state index contributed by atoms with van der Waals surface area (Å²) in [5.74, 6) is -0.289. The molecule has 1 saturated heterocycles. The fourth-order valence-electron chi connectivity index (χ4n) is 4.68. The Morgan fingerprint density at radius 1 is 1.15 bits per heavy atom. The Morgan fingerprint density at radius 3 is 2.76 bits per heavy atom. The number of carbonyl (C=O) groups is 2. The molecule has 1 aliphatic rings. The van der Waals surface area contributed by atoms with Gasteiger partial charge in [0.2, 0.25) is 11.8 Å². The predicted molar refractivity (Wildman–Crippen MR) is 127 cm³/mol. The fraction of sp³-hybridized carbons (Fsp3) is 0.333. The van der Waals surface area contributed by atoms with Crippen LogP contribution in [0.25, 0.3) is 10.8 Å². The quantitative estimate of drug-likeness (QED) is 0.512. The number of hydrogen-bond donors (Lipinski definition) is 2. The number of carbonyl (C=O) groups excluding carboxylic acids is 2. The number of nitrogens with one attached hydrogen (secondary N) is 2. The molecule has 0 aliphatic carbocycles. The Hall–Kier alpha value is -3.41. The van der Waals surface area contributed by atoms with Crippen molar-refractivity contribution in [1.82, 2.24) is 10.6 Å². The molecule has 1 heterocycles. The van der Waals surface area contributed by atoms with Gasteiger partial charge in [0.05, 0.1) is 7.11 Å². The number of ether oxygens (including phenoxy) is 1. The molecule has 33 heavy (non-hydrogen) atoms. The van der Waals surface area contributed by atoms with E-state index in [0.717, 1.165) is 12.0 Å². The first kappa shape index (κ1) is 22.8. The number of hydrogen-bond acceptors (Lipinski definition) is 3. The van der Waals surface area contributed by atoms with E-state index in [9.17, 15) is 14.0 Å². The summed E-state index contributed by atoms with van der Waals surface area (Å²) < 4.78 is 18.9. The van der Waals surface area contributed by atoms with Crippen molar-refractivity contribution in [2.24, 2.45) is 0 Å². The molecule has 6 heteroatoms. The first-order valence-corrected chi connectivity index (χ1v) is 11.3. The Bertz CT molecular complexity index is 1160. The highest BCUT2D eigenvalue weighted by Gasteiger charge is 2.38. The van der Waals surface area contributed by atoms with Crippen LogP contribution < -0.4 is 15.4 Å². The Balaban J connectivity index is 1.34. The largest absolute Gasteiger partial charge is 0.494 e. The summed E-state index contributed by atoms with van der Waals surface area (Å²) in [5, 5.41) is 8.49. The van der Waals surface area contributed by atoms with E-state index in [1.54, 1.807) is 12.1 Å². The molecule has 2 N–H and O–H groups in total. The fourth-order valence-corrected chi connectivity index (χ4v) is 4.68. The first-order chi connectivity index (χ1) is 16.0. The third-order valence-electron chi connectivity index (χ3n) is 6.42. The maximum atomic E-state index is 13.8. The number of halogens is 1. The lowest BCUT2D eigenvalue weighted by atomic mass is 9.85. The van der Waals surface area contributed by atoms with Crippen molar-refractivity contribution in [3.8, 4) is 5.75 Å². The summed E-state index contributed by atoms with van der Waals surface area (Å²) in [4.78, 5) is 24.6. The van der Waals surface area contributed by atoms with Crippen LogP contribution in [0.2, 0.25) is 0 Å². The normalized spacial score (nSPS) is 17.7. The average molecular weight is 449 g/mol. The van der Waals surface area contributed by atoms with Crippen LogP contribution >= 0.6 is 0 Å². The maximum Gasteiger partial charge on any atom is 0.220 e. The lowest BCUT2D eigenvalue weighted by molar-refractivity contribution is -0.122. The van der Waals surface area contributed by atoms with E-state index >= 15 is 0 Å². The summed E-state index contributed by atoms with van der Waals surface area (Å²) in [5.41, 5.74) is 1.57. The Morgan fingerprint density at radius 2 is 1.97 bits per heavy atom. The molecule has 0 bridgehead atoms. The second-order valence-electron chi connectivity index (χ2n) is 8.71. The first-order valence-electron chi connectivity index (χ1n) is 11.3. The van der Waals surface area contributed by atoms with Crippen LogP contribution in [0, 0.1) is 5.82 Å². The topological polar surface area (TPSA) is 67.4 Å². The van der Waals surface area contributed by atoms with Crippen molar-refractivity contribution in [2.75, 3.05) is 13.7 Å². The van der Waals surface area contributed by atoms with Gasteiger partial charge in [0.1, 0.15) is 0 Å². The van der Waals surface area contributed by atoms with E-state index in [-0.39, 0.29) is 17.6 Å². The number of amides is 2. The molecule has 1 fully saturated rings. The van der Waals surface area contributed by atoms with Gasteiger partial charge in [-0.15, -0.1) is 0 Å². The summed E-state index contributed by atoms with van der Waals surface area (Å²) in [6, 6.07) is 19.2. The van der Waals surface area contributed by atoms with Gasteiger partial charge in [0, 0.05) is 24.9 Å². The molecular formula is C27H29FN2O3. The zero-order valence-corrected chi connectivity index (χ0v) is 18.8. The molecule has 0 saturated carbocycles. The van der Waals surface area contributed by atoms with Gasteiger partial charge in [0.15, 0.2) is 11.6 Å². The van der Waals surface area contributed by atoms with Crippen LogP contribution in [0.4, 0.5) is 4.39 Å². The average Bonchev–Trinajstić information content (AvgIpc) is 3.19. The van der Waals surface area contributed by atoms with Crippen LogP contribution in [0.15, 0.2) is 60.7 Å². The highest BCUT2D eigenvalue weighted by atomic mass is 19.1. The zero-order chi connectivity index (χ0) is 23.3. The third-order valence-corrected chi connectivity index (χ3v) is 6.42. The van der Waals surface area contributed by atoms with Crippen LogP contribution in [-0.4, -0.2) is 31.0 Å². The van der Waals surface area contributed by atoms with Crippen molar-refractivity contribution >= 4 is 22.6 Å². The van der Waals surface area contributed by atoms with Gasteiger partial charge in [-0.05, 0) is 59.7 Å². The maximum absolute atomic E-state index is 13.8. The molecule has 4 rings (SSSR count). The summed E-state index contributed by atoms with van der Waals surface area (Å²) in [6.45, 7) is 0.557. The number of methoxy groups -OCH3 is 1. The lowest BCUT2D eigenvalue weighted by Gasteiger charge is -2.29. The summed E-state index contributed by atoms with van der Waals surface area (Å²) in [7, 11) is 1.43. The third kappa shape index (κ3) is 5.51. The predicted octanol–water partition coefficient (Wildman–Crippen LogP) is 4.32. The van der Waals surface area contributed by atoms with Crippen LogP contribution in [-0.2, 0) is 22.4 Å². The van der Waals surface area contributed by atoms with E-state index in [0.29, 0.717) is 38.6 Å². The molecule has 1 atom stereocenters. The minimum atomic E-state index is -0.507. The van der Waals surface area contributed by atoms with E-state index in [4.69, 9.17) is 4.74 Å². The van der Waals surface area contributed by atoms with Crippen molar-refractivity contribution in [3.05, 3.63) is 77.6 Å². The smallest absolute Gasteiger partial charge is 0.220 e. The molecule has 2 amide bonds. The number of fused-ring (bicyclic) bond motifs is 1. The molecular weight excluding hydrogens is 419 g/mol. The Kier molecular flexibility index (Phi) is 6.92. The molecule has 0 aromatic heterocycles. The second kappa shape index (κ2) is 10.0. The molecule has 172 valence electrons. The Labute approximate surface area is 193 Å². The van der Waals surface area contributed by atoms with Gasteiger partial charge in [-0.3, -0.25) is 9.59 Å². The van der Waals surface area contributed by atoms with Crippen molar-refractivity contribution < 1.29 is 18.7 Å².